The van der Waals surface area contributed by atoms with Crippen molar-refractivity contribution in [3.63, 3.8) is 0 Å². The summed E-state index contributed by atoms with van der Waals surface area (Å²) < 4.78 is 2.25. The Balaban J connectivity index is 2.01. The molecule has 3 nitrogen and oxygen atoms in total. The van der Waals surface area contributed by atoms with Gasteiger partial charge in [-0.05, 0) is 37.9 Å². The van der Waals surface area contributed by atoms with Gasteiger partial charge in [0.1, 0.15) is 5.82 Å². The van der Waals surface area contributed by atoms with Crippen molar-refractivity contribution in [2.75, 3.05) is 7.05 Å². The number of rotatable bonds is 7. The molecule has 0 saturated carbocycles. The van der Waals surface area contributed by atoms with Crippen LogP contribution in [0.1, 0.15) is 37.2 Å². The number of nitrogens with one attached hydrogen (secondary N) is 1. The van der Waals surface area contributed by atoms with Gasteiger partial charge in [0.2, 0.25) is 0 Å². The SMILES string of the molecule is CCCn1ccnc1Cc1ccc(CC(C)NC)cc1. The van der Waals surface area contributed by atoms with E-state index >= 15 is 0 Å². The van der Waals surface area contributed by atoms with Crippen molar-refractivity contribution >= 4 is 0 Å². The summed E-state index contributed by atoms with van der Waals surface area (Å²) in [5.41, 5.74) is 2.71. The van der Waals surface area contributed by atoms with Crippen LogP contribution in [-0.4, -0.2) is 22.6 Å². The Morgan fingerprint density at radius 1 is 1.20 bits per heavy atom. The molecule has 3 heteroatoms. The highest BCUT2D eigenvalue weighted by Gasteiger charge is 2.05. The zero-order valence-electron chi connectivity index (χ0n) is 12.8. The maximum Gasteiger partial charge on any atom is 0.113 e. The molecule has 0 bridgehead atoms. The molecule has 1 N–H and O–H groups in total. The first-order chi connectivity index (χ1) is 9.72. The molecule has 1 heterocycles. The third-order valence-corrected chi connectivity index (χ3v) is 3.69. The molecule has 0 fully saturated rings. The van der Waals surface area contributed by atoms with Crippen LogP contribution in [-0.2, 0) is 19.4 Å². The van der Waals surface area contributed by atoms with Gasteiger partial charge in [-0.3, -0.25) is 0 Å². The Morgan fingerprint density at radius 2 is 1.90 bits per heavy atom. The van der Waals surface area contributed by atoms with Crippen molar-refractivity contribution < 1.29 is 0 Å². The van der Waals surface area contributed by atoms with Crippen molar-refractivity contribution in [3.05, 3.63) is 53.6 Å². The zero-order chi connectivity index (χ0) is 14.4. The molecular weight excluding hydrogens is 246 g/mol. The monoisotopic (exact) mass is 271 g/mol. The lowest BCUT2D eigenvalue weighted by atomic mass is 10.0. The van der Waals surface area contributed by atoms with Crippen LogP contribution < -0.4 is 5.32 Å². The summed E-state index contributed by atoms with van der Waals surface area (Å²) in [7, 11) is 2.01. The highest BCUT2D eigenvalue weighted by Crippen LogP contribution is 2.11. The van der Waals surface area contributed by atoms with Crippen LogP contribution in [0.5, 0.6) is 0 Å². The van der Waals surface area contributed by atoms with Gasteiger partial charge in [0.25, 0.3) is 0 Å². The number of nitrogens with zero attached hydrogens (tertiary/aromatic N) is 2. The number of hydrogen-bond acceptors (Lipinski definition) is 2. The third kappa shape index (κ3) is 3.94. The molecule has 1 aromatic carbocycles. The van der Waals surface area contributed by atoms with Gasteiger partial charge in [-0.15, -0.1) is 0 Å². The van der Waals surface area contributed by atoms with E-state index in [2.05, 4.69) is 59.2 Å². The number of aromatic nitrogens is 2. The zero-order valence-corrected chi connectivity index (χ0v) is 12.8. The normalized spacial score (nSPS) is 12.6. The number of benzene rings is 1. The maximum atomic E-state index is 4.47. The molecule has 108 valence electrons. The van der Waals surface area contributed by atoms with Crippen LogP contribution in [0.25, 0.3) is 0 Å². The fourth-order valence-electron chi connectivity index (χ4n) is 2.38. The molecule has 1 atom stereocenters. The van der Waals surface area contributed by atoms with Crippen LogP contribution in [0.4, 0.5) is 0 Å². The quantitative estimate of drug-likeness (QED) is 0.839. The highest BCUT2D eigenvalue weighted by molar-refractivity contribution is 5.25. The predicted octanol–water partition coefficient (Wildman–Crippen LogP) is 3.03. The summed E-state index contributed by atoms with van der Waals surface area (Å²) in [6.45, 7) is 5.45. The van der Waals surface area contributed by atoms with Crippen LogP contribution in [0.3, 0.4) is 0 Å². The average Bonchev–Trinajstić information content (AvgIpc) is 2.88. The van der Waals surface area contributed by atoms with E-state index in [1.807, 2.05) is 13.2 Å². The Bertz CT molecular complexity index is 513. The minimum absolute atomic E-state index is 0.518. The molecule has 0 spiro atoms. The smallest absolute Gasteiger partial charge is 0.113 e. The standard InChI is InChI=1S/C17H25N3/c1-4-10-20-11-9-19-17(20)13-16-7-5-15(6-8-16)12-14(2)18-3/h5-9,11,14,18H,4,10,12-13H2,1-3H3. The Labute approximate surface area is 122 Å². The van der Waals surface area contributed by atoms with Gasteiger partial charge in [0, 0.05) is 31.4 Å². The number of aryl methyl sites for hydroxylation is 1. The first-order valence-electron chi connectivity index (χ1n) is 7.48. The van der Waals surface area contributed by atoms with E-state index in [4.69, 9.17) is 0 Å². The van der Waals surface area contributed by atoms with Gasteiger partial charge in [0.15, 0.2) is 0 Å². The van der Waals surface area contributed by atoms with E-state index in [1.165, 1.54) is 11.1 Å². The third-order valence-electron chi connectivity index (χ3n) is 3.69. The molecule has 1 unspecified atom stereocenters. The van der Waals surface area contributed by atoms with E-state index in [-0.39, 0.29) is 0 Å². The van der Waals surface area contributed by atoms with Gasteiger partial charge in [-0.25, -0.2) is 4.98 Å². The number of imidazole rings is 1. The topological polar surface area (TPSA) is 29.9 Å². The van der Waals surface area contributed by atoms with E-state index in [9.17, 15) is 0 Å². The molecule has 20 heavy (non-hydrogen) atoms. The fraction of sp³-hybridized carbons (Fsp3) is 0.471. The average molecular weight is 271 g/mol. The summed E-state index contributed by atoms with van der Waals surface area (Å²) in [4.78, 5) is 4.47. The molecule has 0 aliphatic rings. The molecular formula is C17H25N3. The van der Waals surface area contributed by atoms with E-state index in [0.29, 0.717) is 6.04 Å². The second kappa shape index (κ2) is 7.25. The lowest BCUT2D eigenvalue weighted by Crippen LogP contribution is -2.23. The lowest BCUT2D eigenvalue weighted by Gasteiger charge is -2.11. The summed E-state index contributed by atoms with van der Waals surface area (Å²) in [5.74, 6) is 1.16. The molecule has 0 saturated heterocycles. The van der Waals surface area contributed by atoms with Gasteiger partial charge in [0.05, 0.1) is 0 Å². The minimum Gasteiger partial charge on any atom is -0.335 e. The van der Waals surface area contributed by atoms with Crippen molar-refractivity contribution in [1.29, 1.82) is 0 Å². The molecule has 1 aromatic heterocycles. The van der Waals surface area contributed by atoms with Gasteiger partial charge in [-0.1, -0.05) is 31.2 Å². The van der Waals surface area contributed by atoms with Crippen LogP contribution in [0, 0.1) is 0 Å². The van der Waals surface area contributed by atoms with Gasteiger partial charge >= 0.3 is 0 Å². The maximum absolute atomic E-state index is 4.47. The highest BCUT2D eigenvalue weighted by atomic mass is 15.1. The second-order valence-electron chi connectivity index (χ2n) is 5.42. The second-order valence-corrected chi connectivity index (χ2v) is 5.42. The van der Waals surface area contributed by atoms with Crippen LogP contribution in [0.2, 0.25) is 0 Å². The molecule has 2 aromatic rings. The van der Waals surface area contributed by atoms with E-state index in [0.717, 1.165) is 31.6 Å². The Kier molecular flexibility index (Phi) is 5.36. The largest absolute Gasteiger partial charge is 0.335 e. The first-order valence-corrected chi connectivity index (χ1v) is 7.48. The molecule has 0 amide bonds. The molecule has 0 aliphatic carbocycles. The van der Waals surface area contributed by atoms with E-state index in [1.54, 1.807) is 0 Å². The number of hydrogen-bond donors (Lipinski definition) is 1. The summed E-state index contributed by atoms with van der Waals surface area (Å²) in [6, 6.07) is 9.43. The molecule has 0 radical (unpaired) electrons. The summed E-state index contributed by atoms with van der Waals surface area (Å²) in [6.07, 6.45) is 7.09. The van der Waals surface area contributed by atoms with Crippen molar-refractivity contribution in [2.24, 2.45) is 0 Å². The first kappa shape index (κ1) is 14.8. The summed E-state index contributed by atoms with van der Waals surface area (Å²) in [5, 5.41) is 3.27. The predicted molar refractivity (Wildman–Crippen MR) is 84.0 cm³/mol. The van der Waals surface area contributed by atoms with Crippen molar-refractivity contribution in [1.82, 2.24) is 14.9 Å². The Morgan fingerprint density at radius 3 is 2.55 bits per heavy atom. The number of likely N-dealkylation sites (N-methyl/N-ethyl adjacent to an activating group) is 1. The van der Waals surface area contributed by atoms with Crippen LogP contribution >= 0.6 is 0 Å². The lowest BCUT2D eigenvalue weighted by molar-refractivity contribution is 0.608. The molecule has 2 rings (SSSR count). The van der Waals surface area contributed by atoms with Crippen LogP contribution in [0.15, 0.2) is 36.7 Å². The van der Waals surface area contributed by atoms with E-state index < -0.39 is 0 Å². The van der Waals surface area contributed by atoms with Gasteiger partial charge in [-0.2, -0.15) is 0 Å². The fourth-order valence-corrected chi connectivity index (χ4v) is 2.38. The summed E-state index contributed by atoms with van der Waals surface area (Å²) >= 11 is 0. The minimum atomic E-state index is 0.518. The van der Waals surface area contributed by atoms with Crippen molar-refractivity contribution in [3.8, 4) is 0 Å². The molecule has 0 aliphatic heterocycles. The Hall–Kier alpha value is -1.61. The van der Waals surface area contributed by atoms with Crippen molar-refractivity contribution in [2.45, 2.75) is 45.7 Å². The van der Waals surface area contributed by atoms with Gasteiger partial charge < -0.3 is 9.88 Å².